The molecule has 70 heavy (non-hydrogen) atoms. The molecule has 1 atom stereocenters. The van der Waals surface area contributed by atoms with Crippen LogP contribution in [0.1, 0.15) is 70.1 Å². The van der Waals surface area contributed by atoms with Gasteiger partial charge in [0.1, 0.15) is 11.5 Å². The third-order valence-electron chi connectivity index (χ3n) is 13.8. The van der Waals surface area contributed by atoms with Gasteiger partial charge in [-0.05, 0) is 40.3 Å². The molecule has 372 valence electrons. The van der Waals surface area contributed by atoms with Crippen molar-refractivity contribution in [2.24, 2.45) is 0 Å². The number of piperazine rings is 2. The van der Waals surface area contributed by atoms with Crippen molar-refractivity contribution in [3.8, 4) is 22.9 Å². The number of fused-ring (bicyclic) bond motifs is 2. The van der Waals surface area contributed by atoms with Crippen LogP contribution in [0.5, 0.6) is 11.5 Å². The van der Waals surface area contributed by atoms with Crippen LogP contribution in [0.4, 0.5) is 11.8 Å². The molecule has 3 saturated heterocycles. The molecular formula is C49H62N11O8PS. The van der Waals surface area contributed by atoms with Gasteiger partial charge in [0.2, 0.25) is 25.1 Å². The van der Waals surface area contributed by atoms with Gasteiger partial charge in [0.25, 0.3) is 5.91 Å². The van der Waals surface area contributed by atoms with Gasteiger partial charge in [-0.25, -0.2) is 19.9 Å². The molecule has 9 rings (SSSR count). The largest absolute Gasteiger partial charge is 0.508 e. The predicted molar refractivity (Wildman–Crippen MR) is 267 cm³/mol. The highest BCUT2D eigenvalue weighted by Crippen LogP contribution is 2.47. The third-order valence-corrected chi connectivity index (χ3v) is 17.4. The van der Waals surface area contributed by atoms with Crippen LogP contribution in [0.15, 0.2) is 48.8 Å². The minimum Gasteiger partial charge on any atom is -0.508 e. The highest BCUT2D eigenvalue weighted by atomic mass is 32.1. The summed E-state index contributed by atoms with van der Waals surface area (Å²) in [5, 5.41) is 20.8. The SMILES string of the molecule is COP(=O)(CCC(=O)N1CCN(Cc2ccc3c(c2)CN(C(=O)c2cc(C(C)C)c(O)cc2O)C3)CC1)CCC(=O)N1CCN(Cc2cc3nc(-c4cnc(N)nc4)nc(N4CCOCC4)c3s2)CC1. The number of carbonyl (C=O) groups excluding carboxylic acids is 3. The Bertz CT molecular complexity index is 2770. The molecule has 3 aromatic heterocycles. The normalized spacial score (nSPS) is 17.9. The molecule has 0 spiro atoms. The van der Waals surface area contributed by atoms with Crippen LogP contribution in [-0.4, -0.2) is 170 Å². The summed E-state index contributed by atoms with van der Waals surface area (Å²) in [6.07, 6.45) is 3.64. The number of ether oxygens (including phenoxy) is 1. The first kappa shape index (κ1) is 49.2. The molecule has 7 heterocycles. The summed E-state index contributed by atoms with van der Waals surface area (Å²) in [6.45, 7) is 13.8. The lowest BCUT2D eigenvalue weighted by atomic mass is 9.98. The fourth-order valence-electron chi connectivity index (χ4n) is 9.63. The molecule has 0 bridgehead atoms. The maximum atomic E-state index is 13.8. The maximum Gasteiger partial charge on any atom is 0.258 e. The number of amides is 3. The number of nitrogens with two attached hydrogens (primary N) is 1. The number of nitrogens with zero attached hydrogens (tertiary/aromatic N) is 10. The average molecular weight is 996 g/mol. The van der Waals surface area contributed by atoms with Gasteiger partial charge < -0.3 is 44.8 Å². The van der Waals surface area contributed by atoms with E-state index in [1.165, 1.54) is 13.2 Å². The van der Waals surface area contributed by atoms with Crippen LogP contribution in [0.3, 0.4) is 0 Å². The number of phenolic OH excluding ortho intramolecular Hbond substituents is 2. The van der Waals surface area contributed by atoms with Crippen molar-refractivity contribution < 1.29 is 38.4 Å². The van der Waals surface area contributed by atoms with Gasteiger partial charge in [0.15, 0.2) is 11.6 Å². The number of hydrogen-bond acceptors (Lipinski definition) is 17. The Morgan fingerprint density at radius 2 is 1.41 bits per heavy atom. The molecule has 21 heteroatoms. The summed E-state index contributed by atoms with van der Waals surface area (Å²) in [6, 6.07) is 11.2. The number of thiophene rings is 1. The van der Waals surface area contributed by atoms with E-state index in [2.05, 4.69) is 48.9 Å². The summed E-state index contributed by atoms with van der Waals surface area (Å²) in [7, 11) is -1.82. The molecule has 5 aromatic rings. The Hall–Kier alpha value is -5.76. The van der Waals surface area contributed by atoms with Gasteiger partial charge in [-0.15, -0.1) is 11.3 Å². The van der Waals surface area contributed by atoms with Crippen LogP contribution in [-0.2, 0) is 49.6 Å². The number of benzene rings is 2. The van der Waals surface area contributed by atoms with Crippen molar-refractivity contribution in [2.75, 3.05) is 109 Å². The third kappa shape index (κ3) is 11.2. The lowest BCUT2D eigenvalue weighted by Crippen LogP contribution is -2.48. The molecule has 4 N–H and O–H groups in total. The summed E-state index contributed by atoms with van der Waals surface area (Å²) in [5.41, 5.74) is 11.3. The van der Waals surface area contributed by atoms with E-state index in [1.54, 1.807) is 34.7 Å². The van der Waals surface area contributed by atoms with E-state index in [9.17, 15) is 29.2 Å². The molecule has 1 unspecified atom stereocenters. The fraction of sp³-hybridized carbons (Fsp3) is 0.490. The zero-order valence-electron chi connectivity index (χ0n) is 40.1. The van der Waals surface area contributed by atoms with E-state index in [0.29, 0.717) is 109 Å². The second kappa shape index (κ2) is 21.3. The van der Waals surface area contributed by atoms with Crippen LogP contribution < -0.4 is 10.6 Å². The molecule has 0 saturated carbocycles. The molecule has 0 radical (unpaired) electrons. The number of hydrogen-bond donors (Lipinski definition) is 3. The zero-order chi connectivity index (χ0) is 49.1. The zero-order valence-corrected chi connectivity index (χ0v) is 41.8. The van der Waals surface area contributed by atoms with Crippen LogP contribution in [0.25, 0.3) is 21.6 Å². The highest BCUT2D eigenvalue weighted by molar-refractivity contribution is 7.59. The van der Waals surface area contributed by atoms with E-state index < -0.39 is 7.37 Å². The number of aromatic hydroxyl groups is 2. The smallest absolute Gasteiger partial charge is 0.258 e. The predicted octanol–water partition coefficient (Wildman–Crippen LogP) is 4.95. The van der Waals surface area contributed by atoms with Gasteiger partial charge in [0, 0.05) is 147 Å². The van der Waals surface area contributed by atoms with E-state index in [1.807, 2.05) is 23.6 Å². The van der Waals surface area contributed by atoms with Gasteiger partial charge in [-0.3, -0.25) is 28.7 Å². The van der Waals surface area contributed by atoms with E-state index >= 15 is 0 Å². The van der Waals surface area contributed by atoms with E-state index in [-0.39, 0.29) is 71.8 Å². The maximum absolute atomic E-state index is 13.8. The highest BCUT2D eigenvalue weighted by Gasteiger charge is 2.31. The first-order valence-corrected chi connectivity index (χ1v) is 26.8. The molecule has 19 nitrogen and oxygen atoms in total. The minimum atomic E-state index is -3.22. The van der Waals surface area contributed by atoms with Crippen molar-refractivity contribution in [2.45, 2.75) is 58.8 Å². The number of morpholine rings is 1. The fourth-order valence-corrected chi connectivity index (χ4v) is 12.4. The lowest BCUT2D eigenvalue weighted by molar-refractivity contribution is -0.133. The number of aromatic nitrogens is 4. The topological polar surface area (TPSA) is 224 Å². The van der Waals surface area contributed by atoms with Crippen molar-refractivity contribution in [1.82, 2.24) is 44.4 Å². The number of carbonyl (C=O) groups is 3. The van der Waals surface area contributed by atoms with Crippen molar-refractivity contribution >= 4 is 58.4 Å². The average Bonchev–Trinajstić information content (AvgIpc) is 3.99. The number of nitrogen functional groups attached to an aromatic ring is 1. The lowest BCUT2D eigenvalue weighted by Gasteiger charge is -2.35. The second-order valence-corrected chi connectivity index (χ2v) is 22.9. The number of phenols is 2. The van der Waals surface area contributed by atoms with Crippen molar-refractivity contribution in [3.63, 3.8) is 0 Å². The molecular weight excluding hydrogens is 934 g/mol. The van der Waals surface area contributed by atoms with E-state index in [0.717, 1.165) is 50.7 Å². The molecule has 4 aliphatic rings. The van der Waals surface area contributed by atoms with Crippen molar-refractivity contribution in [3.05, 3.63) is 81.5 Å². The Kier molecular flexibility index (Phi) is 15.0. The first-order valence-electron chi connectivity index (χ1n) is 24.0. The monoisotopic (exact) mass is 995 g/mol. The summed E-state index contributed by atoms with van der Waals surface area (Å²) in [5.74, 6) is 0.920. The number of anilines is 2. The summed E-state index contributed by atoms with van der Waals surface area (Å²) in [4.78, 5) is 71.8. The summed E-state index contributed by atoms with van der Waals surface area (Å²) >= 11 is 1.68. The quantitative estimate of drug-likeness (QED) is 0.118. The second-order valence-electron chi connectivity index (χ2n) is 18.8. The Labute approximate surface area is 411 Å². The molecule has 3 fully saturated rings. The van der Waals surface area contributed by atoms with Gasteiger partial charge >= 0.3 is 0 Å². The number of rotatable bonds is 15. The molecule has 4 aliphatic heterocycles. The Morgan fingerprint density at radius 1 is 0.786 bits per heavy atom. The van der Waals surface area contributed by atoms with Gasteiger partial charge in [-0.2, -0.15) is 0 Å². The van der Waals surface area contributed by atoms with Gasteiger partial charge in [-0.1, -0.05) is 32.0 Å². The molecule has 3 amide bonds. The van der Waals surface area contributed by atoms with Crippen LogP contribution in [0, 0.1) is 0 Å². The van der Waals surface area contributed by atoms with Crippen LogP contribution >= 0.6 is 18.7 Å². The van der Waals surface area contributed by atoms with Crippen LogP contribution in [0.2, 0.25) is 0 Å². The summed E-state index contributed by atoms with van der Waals surface area (Å²) < 4.78 is 26.0. The Morgan fingerprint density at radius 3 is 2.04 bits per heavy atom. The standard InChI is InChI=1S/C49H62N11O8PS/c1-32(2)38-24-39(42(62)25-41(38)61)48(65)60-29-34-5-4-33(22-35(34)30-60)28-55-8-12-57(13-9-55)43(63)6-20-69(66,67-3)21-7-44(64)58-14-10-56(11-15-58)31-37-23-40-45(70-37)47(59-16-18-68-19-17-59)54-46(53-40)36-26-51-49(50)52-27-36/h4-5,22-27,32,61-62H,6-21,28-31H2,1-3H3,(H2,50,51,52). The molecule has 2 aromatic carbocycles. The first-order chi connectivity index (χ1) is 33.7. The van der Waals surface area contributed by atoms with Crippen molar-refractivity contribution in [1.29, 1.82) is 0 Å². The Balaban J connectivity index is 0.707. The van der Waals surface area contributed by atoms with E-state index in [4.69, 9.17) is 25.0 Å². The molecule has 0 aliphatic carbocycles. The van der Waals surface area contributed by atoms with Gasteiger partial charge in [0.05, 0.1) is 34.6 Å². The minimum absolute atomic E-state index is 0.0106.